The van der Waals surface area contributed by atoms with E-state index in [-0.39, 0.29) is 11.6 Å². The van der Waals surface area contributed by atoms with Gasteiger partial charge in [0.15, 0.2) is 0 Å². The second-order valence-electron chi connectivity index (χ2n) is 5.16. The van der Waals surface area contributed by atoms with Crippen LogP contribution in [0.25, 0.3) is 0 Å². The summed E-state index contributed by atoms with van der Waals surface area (Å²) in [4.78, 5) is 22.3. The monoisotopic (exact) mass is 277 g/mol. The highest BCUT2D eigenvalue weighted by Crippen LogP contribution is 2.19. The first kappa shape index (κ1) is 14.5. The zero-order chi connectivity index (χ0) is 14.5. The topological polar surface area (TPSA) is 84.3 Å². The molecule has 0 saturated carbocycles. The molecule has 0 radical (unpaired) electrons. The molecule has 1 saturated heterocycles. The first-order valence-electron chi connectivity index (χ1n) is 6.82. The number of rotatable bonds is 5. The molecule has 0 spiro atoms. The Bertz CT molecular complexity index is 510. The van der Waals surface area contributed by atoms with Crippen molar-refractivity contribution >= 4 is 11.6 Å². The van der Waals surface area contributed by atoms with Crippen molar-refractivity contribution < 1.29 is 9.72 Å². The molecular weight excluding hydrogens is 258 g/mol. The van der Waals surface area contributed by atoms with Crippen molar-refractivity contribution in [3.63, 3.8) is 0 Å². The van der Waals surface area contributed by atoms with E-state index in [0.29, 0.717) is 23.6 Å². The van der Waals surface area contributed by atoms with Gasteiger partial charge in [-0.25, -0.2) is 0 Å². The molecule has 1 aliphatic rings. The van der Waals surface area contributed by atoms with E-state index < -0.39 is 4.92 Å². The third-order valence-electron chi connectivity index (χ3n) is 3.67. The third-order valence-corrected chi connectivity index (χ3v) is 3.67. The van der Waals surface area contributed by atoms with E-state index in [1.165, 1.54) is 6.07 Å². The minimum absolute atomic E-state index is 0.0161. The first-order valence-corrected chi connectivity index (χ1v) is 6.82. The lowest BCUT2D eigenvalue weighted by Gasteiger charge is -2.09. The van der Waals surface area contributed by atoms with Gasteiger partial charge in [-0.3, -0.25) is 14.9 Å². The second-order valence-corrected chi connectivity index (χ2v) is 5.16. The Hall–Kier alpha value is -1.95. The van der Waals surface area contributed by atoms with E-state index in [9.17, 15) is 14.9 Å². The lowest BCUT2D eigenvalue weighted by Crippen LogP contribution is -2.26. The molecule has 1 unspecified atom stereocenters. The van der Waals surface area contributed by atoms with E-state index in [1.807, 2.05) is 0 Å². The standard InChI is InChI=1S/C14H19N3O3/c1-10-2-3-12(8-13(10)17(19)20)14(18)16-7-5-11-4-6-15-9-11/h2-3,8,11,15H,4-7,9H2,1H3,(H,16,18). The minimum Gasteiger partial charge on any atom is -0.352 e. The predicted octanol–water partition coefficient (Wildman–Crippen LogP) is 1.63. The minimum atomic E-state index is -0.462. The van der Waals surface area contributed by atoms with Gasteiger partial charge in [0.2, 0.25) is 0 Å². The maximum absolute atomic E-state index is 12.0. The normalized spacial score (nSPS) is 17.9. The zero-order valence-electron chi connectivity index (χ0n) is 11.5. The van der Waals surface area contributed by atoms with Crippen LogP contribution in [0, 0.1) is 23.0 Å². The van der Waals surface area contributed by atoms with Crippen molar-refractivity contribution in [3.8, 4) is 0 Å². The number of carbonyl (C=O) groups is 1. The Morgan fingerprint density at radius 2 is 2.35 bits per heavy atom. The molecule has 6 nitrogen and oxygen atoms in total. The van der Waals surface area contributed by atoms with Gasteiger partial charge in [0.05, 0.1) is 4.92 Å². The summed E-state index contributed by atoms with van der Waals surface area (Å²) >= 11 is 0. The maximum Gasteiger partial charge on any atom is 0.273 e. The highest BCUT2D eigenvalue weighted by molar-refractivity contribution is 5.94. The predicted molar refractivity (Wildman–Crippen MR) is 75.8 cm³/mol. The molecular formula is C14H19N3O3. The first-order chi connectivity index (χ1) is 9.58. The fraction of sp³-hybridized carbons (Fsp3) is 0.500. The van der Waals surface area contributed by atoms with Crippen LogP contribution in [0.15, 0.2) is 18.2 Å². The van der Waals surface area contributed by atoms with Gasteiger partial charge >= 0.3 is 0 Å². The molecule has 2 N–H and O–H groups in total. The lowest BCUT2D eigenvalue weighted by molar-refractivity contribution is -0.385. The number of hydrogen-bond acceptors (Lipinski definition) is 4. The summed E-state index contributed by atoms with van der Waals surface area (Å²) in [5, 5.41) is 17.0. The molecule has 20 heavy (non-hydrogen) atoms. The summed E-state index contributed by atoms with van der Waals surface area (Å²) in [6.45, 7) is 4.31. The van der Waals surface area contributed by atoms with Gasteiger partial charge in [0.25, 0.3) is 11.6 Å². The molecule has 0 bridgehead atoms. The molecule has 1 amide bonds. The summed E-state index contributed by atoms with van der Waals surface area (Å²) < 4.78 is 0. The van der Waals surface area contributed by atoms with Crippen molar-refractivity contribution in [2.24, 2.45) is 5.92 Å². The quantitative estimate of drug-likeness (QED) is 0.633. The van der Waals surface area contributed by atoms with Gasteiger partial charge in [-0.2, -0.15) is 0 Å². The van der Waals surface area contributed by atoms with E-state index >= 15 is 0 Å². The molecule has 1 atom stereocenters. The number of nitrogens with zero attached hydrogens (tertiary/aromatic N) is 1. The number of benzene rings is 1. The van der Waals surface area contributed by atoms with Gasteiger partial charge in [0.1, 0.15) is 0 Å². The van der Waals surface area contributed by atoms with Crippen LogP contribution in [0.2, 0.25) is 0 Å². The molecule has 1 aromatic rings. The summed E-state index contributed by atoms with van der Waals surface area (Å²) in [7, 11) is 0. The van der Waals surface area contributed by atoms with Crippen LogP contribution in [0.3, 0.4) is 0 Å². The summed E-state index contributed by atoms with van der Waals surface area (Å²) in [5.41, 5.74) is 0.882. The number of nitro benzene ring substituents is 1. The van der Waals surface area contributed by atoms with Crippen LogP contribution in [0.5, 0.6) is 0 Å². The average Bonchev–Trinajstić information content (AvgIpc) is 2.92. The molecule has 1 heterocycles. The fourth-order valence-corrected chi connectivity index (χ4v) is 2.40. The molecule has 6 heteroatoms. The Kier molecular flexibility index (Phi) is 4.68. The van der Waals surface area contributed by atoms with Gasteiger partial charge in [-0.05, 0) is 44.8 Å². The second kappa shape index (κ2) is 6.47. The fourth-order valence-electron chi connectivity index (χ4n) is 2.40. The van der Waals surface area contributed by atoms with Crippen molar-refractivity contribution in [3.05, 3.63) is 39.4 Å². The smallest absolute Gasteiger partial charge is 0.273 e. The molecule has 0 aliphatic carbocycles. The molecule has 1 aliphatic heterocycles. The number of aryl methyl sites for hydroxylation is 1. The number of amides is 1. The van der Waals surface area contributed by atoms with Crippen LogP contribution in [0.1, 0.15) is 28.8 Å². The zero-order valence-corrected chi connectivity index (χ0v) is 11.5. The van der Waals surface area contributed by atoms with Gasteiger partial charge in [-0.1, -0.05) is 6.07 Å². The van der Waals surface area contributed by atoms with E-state index in [0.717, 1.165) is 25.9 Å². The molecule has 108 valence electrons. The largest absolute Gasteiger partial charge is 0.352 e. The highest BCUT2D eigenvalue weighted by atomic mass is 16.6. The summed E-state index contributed by atoms with van der Waals surface area (Å²) in [6, 6.07) is 4.56. The third kappa shape index (κ3) is 3.54. The van der Waals surface area contributed by atoms with Crippen LogP contribution in [-0.4, -0.2) is 30.5 Å². The lowest BCUT2D eigenvalue weighted by atomic mass is 10.1. The van der Waals surface area contributed by atoms with E-state index in [2.05, 4.69) is 10.6 Å². The van der Waals surface area contributed by atoms with Crippen molar-refractivity contribution in [2.75, 3.05) is 19.6 Å². The molecule has 2 rings (SSSR count). The Morgan fingerprint density at radius 1 is 1.55 bits per heavy atom. The number of nitrogens with one attached hydrogen (secondary N) is 2. The number of hydrogen-bond donors (Lipinski definition) is 2. The van der Waals surface area contributed by atoms with Crippen LogP contribution in [-0.2, 0) is 0 Å². The summed E-state index contributed by atoms with van der Waals surface area (Å²) in [6.07, 6.45) is 2.08. The highest BCUT2D eigenvalue weighted by Gasteiger charge is 2.16. The van der Waals surface area contributed by atoms with Crippen molar-refractivity contribution in [1.29, 1.82) is 0 Å². The Morgan fingerprint density at radius 3 is 3.00 bits per heavy atom. The van der Waals surface area contributed by atoms with Gasteiger partial charge in [-0.15, -0.1) is 0 Å². The van der Waals surface area contributed by atoms with E-state index in [4.69, 9.17) is 0 Å². The van der Waals surface area contributed by atoms with Crippen molar-refractivity contribution in [1.82, 2.24) is 10.6 Å². The molecule has 1 aromatic carbocycles. The van der Waals surface area contributed by atoms with Crippen LogP contribution in [0.4, 0.5) is 5.69 Å². The Balaban J connectivity index is 1.91. The number of nitro groups is 1. The number of carbonyl (C=O) groups excluding carboxylic acids is 1. The average molecular weight is 277 g/mol. The van der Waals surface area contributed by atoms with Gasteiger partial charge < -0.3 is 10.6 Å². The van der Waals surface area contributed by atoms with Crippen LogP contribution < -0.4 is 10.6 Å². The molecule has 1 fully saturated rings. The molecule has 0 aromatic heterocycles. The maximum atomic E-state index is 12.0. The van der Waals surface area contributed by atoms with Crippen LogP contribution >= 0.6 is 0 Å². The summed E-state index contributed by atoms with van der Waals surface area (Å²) in [5.74, 6) is 0.363. The Labute approximate surface area is 117 Å². The van der Waals surface area contributed by atoms with Gasteiger partial charge in [0, 0.05) is 23.7 Å². The SMILES string of the molecule is Cc1ccc(C(=O)NCCC2CCNC2)cc1[N+](=O)[O-]. The van der Waals surface area contributed by atoms with Crippen molar-refractivity contribution in [2.45, 2.75) is 19.8 Å². The van der Waals surface area contributed by atoms with E-state index in [1.54, 1.807) is 19.1 Å².